The lowest BCUT2D eigenvalue weighted by Gasteiger charge is -2.24. The molecule has 0 radical (unpaired) electrons. The van der Waals surface area contributed by atoms with E-state index in [-0.39, 0.29) is 0 Å². The third kappa shape index (κ3) is 7.19. The zero-order valence-electron chi connectivity index (χ0n) is 10.5. The molecule has 0 aliphatic heterocycles. The third-order valence-electron chi connectivity index (χ3n) is 2.04. The van der Waals surface area contributed by atoms with E-state index in [0.29, 0.717) is 13.8 Å². The van der Waals surface area contributed by atoms with Crippen LogP contribution in [-0.2, 0) is 19.1 Å². The van der Waals surface area contributed by atoms with Gasteiger partial charge in [-0.05, 0) is 12.8 Å². The fourth-order valence-corrected chi connectivity index (χ4v) is 1.28. The Morgan fingerprint density at radius 1 is 0.800 bits per heavy atom. The van der Waals surface area contributed by atoms with Crippen LogP contribution in [0.25, 0.3) is 0 Å². The predicted octanol–water partition coefficient (Wildman–Crippen LogP) is 2.75. The highest BCUT2D eigenvalue weighted by atomic mass is 19.4. The van der Waals surface area contributed by atoms with Gasteiger partial charge < -0.3 is 9.47 Å². The molecule has 2 unspecified atom stereocenters. The normalized spacial score (nSPS) is 15.4. The quantitative estimate of drug-likeness (QED) is 0.579. The van der Waals surface area contributed by atoms with E-state index >= 15 is 0 Å². The second-order valence-electron chi connectivity index (χ2n) is 3.86. The van der Waals surface area contributed by atoms with Gasteiger partial charge in [0.2, 0.25) is 0 Å². The molecule has 0 aliphatic rings. The van der Waals surface area contributed by atoms with Gasteiger partial charge in [0, 0.05) is 13.8 Å². The molecule has 0 bridgehead atoms. The van der Waals surface area contributed by atoms with Crippen molar-refractivity contribution in [3.63, 3.8) is 0 Å². The van der Waals surface area contributed by atoms with Crippen LogP contribution in [-0.4, -0.2) is 36.5 Å². The van der Waals surface area contributed by atoms with E-state index in [2.05, 4.69) is 9.47 Å². The summed E-state index contributed by atoms with van der Waals surface area (Å²) in [5.74, 6) is -2.55. The fraction of sp³-hybridized carbons (Fsp3) is 0.800. The van der Waals surface area contributed by atoms with Gasteiger partial charge in [0.25, 0.3) is 0 Å². The molecule has 10 heteroatoms. The lowest BCUT2D eigenvalue weighted by Crippen LogP contribution is -2.38. The van der Waals surface area contributed by atoms with Crippen molar-refractivity contribution in [2.45, 2.75) is 51.2 Å². The number of carbonyl (C=O) groups excluding carboxylic acids is 2. The Morgan fingerprint density at radius 3 is 1.20 bits per heavy atom. The molecule has 0 amide bonds. The van der Waals surface area contributed by atoms with Crippen molar-refractivity contribution in [2.24, 2.45) is 0 Å². The summed E-state index contributed by atoms with van der Waals surface area (Å²) in [6.45, 7) is 1.40. The van der Waals surface area contributed by atoms with Gasteiger partial charge in [-0.1, -0.05) is 0 Å². The van der Waals surface area contributed by atoms with Crippen molar-refractivity contribution in [3.8, 4) is 0 Å². The molecule has 0 aromatic carbocycles. The molecule has 0 saturated heterocycles. The SMILES string of the molecule is CC(=O)OC(CCC(OC(C)=O)C(F)(F)F)C(F)(F)F. The van der Waals surface area contributed by atoms with Crippen LogP contribution in [0.1, 0.15) is 26.7 Å². The molecule has 0 saturated carbocycles. The average molecular weight is 310 g/mol. The lowest BCUT2D eigenvalue weighted by atomic mass is 10.1. The summed E-state index contributed by atoms with van der Waals surface area (Å²) in [5, 5.41) is 0. The molecule has 0 fully saturated rings. The molecular weight excluding hydrogens is 298 g/mol. The summed E-state index contributed by atoms with van der Waals surface area (Å²) < 4.78 is 82.4. The van der Waals surface area contributed by atoms with Crippen LogP contribution >= 0.6 is 0 Å². The number of esters is 2. The Kier molecular flexibility index (Phi) is 6.30. The summed E-state index contributed by atoms with van der Waals surface area (Å²) in [6.07, 6.45) is -17.7. The number of ether oxygens (including phenoxy) is 2. The molecular formula is C10H12F6O4. The fourth-order valence-electron chi connectivity index (χ4n) is 1.28. The molecule has 0 aromatic heterocycles. The Hall–Kier alpha value is -1.48. The topological polar surface area (TPSA) is 52.6 Å². The number of halogens is 6. The zero-order valence-corrected chi connectivity index (χ0v) is 10.5. The molecule has 2 atom stereocenters. The van der Waals surface area contributed by atoms with Crippen molar-refractivity contribution < 1.29 is 45.4 Å². The van der Waals surface area contributed by atoms with Crippen LogP contribution in [0.5, 0.6) is 0 Å². The highest BCUT2D eigenvalue weighted by molar-refractivity contribution is 5.66. The lowest BCUT2D eigenvalue weighted by molar-refractivity contribution is -0.237. The largest absolute Gasteiger partial charge is 0.453 e. The summed E-state index contributed by atoms with van der Waals surface area (Å²) in [5.41, 5.74) is 0. The van der Waals surface area contributed by atoms with Crippen LogP contribution in [0.3, 0.4) is 0 Å². The number of carbonyl (C=O) groups is 2. The van der Waals surface area contributed by atoms with Crippen LogP contribution < -0.4 is 0 Å². The minimum atomic E-state index is -5.00. The first-order chi connectivity index (χ1) is 8.84. The Balaban J connectivity index is 4.78. The van der Waals surface area contributed by atoms with E-state index in [4.69, 9.17) is 0 Å². The second kappa shape index (κ2) is 6.80. The number of hydrogen-bond donors (Lipinski definition) is 0. The molecule has 0 N–H and O–H groups in total. The number of rotatable bonds is 5. The maximum atomic E-state index is 12.4. The molecule has 0 aromatic rings. The standard InChI is InChI=1S/C10H12F6O4/c1-5(17)19-7(9(11,12)13)3-4-8(10(14,15)16)20-6(2)18/h7-8H,3-4H2,1-2H3. The van der Waals surface area contributed by atoms with Crippen molar-refractivity contribution in [1.29, 1.82) is 0 Å². The van der Waals surface area contributed by atoms with E-state index < -0.39 is 49.3 Å². The molecule has 4 nitrogen and oxygen atoms in total. The van der Waals surface area contributed by atoms with E-state index in [1.165, 1.54) is 0 Å². The van der Waals surface area contributed by atoms with Crippen molar-refractivity contribution in [2.75, 3.05) is 0 Å². The van der Waals surface area contributed by atoms with Gasteiger partial charge in [-0.3, -0.25) is 9.59 Å². The van der Waals surface area contributed by atoms with Gasteiger partial charge >= 0.3 is 24.3 Å². The Morgan fingerprint density at radius 2 is 1.05 bits per heavy atom. The van der Waals surface area contributed by atoms with E-state index in [0.717, 1.165) is 0 Å². The predicted molar refractivity (Wildman–Crippen MR) is 52.5 cm³/mol. The molecule has 0 aliphatic carbocycles. The first-order valence-electron chi connectivity index (χ1n) is 5.32. The summed E-state index contributed by atoms with van der Waals surface area (Å²) in [4.78, 5) is 21.0. The van der Waals surface area contributed by atoms with E-state index in [9.17, 15) is 35.9 Å². The first kappa shape index (κ1) is 18.5. The van der Waals surface area contributed by atoms with E-state index in [1.807, 2.05) is 0 Å². The minimum Gasteiger partial charge on any atom is -0.453 e. The highest BCUT2D eigenvalue weighted by Crippen LogP contribution is 2.31. The molecule has 118 valence electrons. The Bertz CT molecular complexity index is 315. The molecule has 0 rings (SSSR count). The summed E-state index contributed by atoms with van der Waals surface area (Å²) in [6, 6.07) is 0. The van der Waals surface area contributed by atoms with Crippen molar-refractivity contribution in [3.05, 3.63) is 0 Å². The van der Waals surface area contributed by atoms with Crippen LogP contribution in [0.4, 0.5) is 26.3 Å². The molecule has 0 spiro atoms. The molecule has 0 heterocycles. The van der Waals surface area contributed by atoms with Crippen molar-refractivity contribution >= 4 is 11.9 Å². The zero-order chi connectivity index (χ0) is 16.1. The van der Waals surface area contributed by atoms with Crippen molar-refractivity contribution in [1.82, 2.24) is 0 Å². The van der Waals surface area contributed by atoms with Crippen LogP contribution in [0.2, 0.25) is 0 Å². The minimum absolute atomic E-state index is 0.700. The van der Waals surface area contributed by atoms with Crippen LogP contribution in [0, 0.1) is 0 Å². The third-order valence-corrected chi connectivity index (χ3v) is 2.04. The maximum absolute atomic E-state index is 12.4. The first-order valence-corrected chi connectivity index (χ1v) is 5.32. The van der Waals surface area contributed by atoms with Gasteiger partial charge in [0.15, 0.2) is 12.2 Å². The smallest absolute Gasteiger partial charge is 0.425 e. The average Bonchev–Trinajstić information content (AvgIpc) is 2.17. The Labute approximate surface area is 110 Å². The molecule has 20 heavy (non-hydrogen) atoms. The monoisotopic (exact) mass is 310 g/mol. The van der Waals surface area contributed by atoms with Crippen LogP contribution in [0.15, 0.2) is 0 Å². The maximum Gasteiger partial charge on any atom is 0.425 e. The summed E-state index contributed by atoms with van der Waals surface area (Å²) >= 11 is 0. The highest BCUT2D eigenvalue weighted by Gasteiger charge is 2.47. The number of alkyl halides is 6. The summed E-state index contributed by atoms with van der Waals surface area (Å²) in [7, 11) is 0. The van der Waals surface area contributed by atoms with Gasteiger partial charge in [-0.25, -0.2) is 0 Å². The second-order valence-corrected chi connectivity index (χ2v) is 3.86. The van der Waals surface area contributed by atoms with Gasteiger partial charge in [-0.2, -0.15) is 26.3 Å². The van der Waals surface area contributed by atoms with E-state index in [1.54, 1.807) is 0 Å². The van der Waals surface area contributed by atoms with Gasteiger partial charge in [0.05, 0.1) is 0 Å². The van der Waals surface area contributed by atoms with Gasteiger partial charge in [-0.15, -0.1) is 0 Å². The number of hydrogen-bond acceptors (Lipinski definition) is 4. The van der Waals surface area contributed by atoms with Gasteiger partial charge in [0.1, 0.15) is 0 Å².